The molecule has 10 rings (SSSR count). The van der Waals surface area contributed by atoms with Crippen molar-refractivity contribution in [3.63, 3.8) is 0 Å². The van der Waals surface area contributed by atoms with Crippen molar-refractivity contribution >= 4 is 0 Å². The van der Waals surface area contributed by atoms with Gasteiger partial charge in [0.15, 0.2) is 0 Å². The molecule has 0 aliphatic rings. The molecule has 0 atom stereocenters. The van der Waals surface area contributed by atoms with Crippen molar-refractivity contribution in [3.8, 4) is 0 Å². The first-order chi connectivity index (χ1) is 44.5. The second kappa shape index (κ2) is 42.0. The summed E-state index contributed by atoms with van der Waals surface area (Å²) in [4.78, 5) is 0. The predicted octanol–water partition coefficient (Wildman–Crippen LogP) is 28.0. The summed E-state index contributed by atoms with van der Waals surface area (Å²) in [6.07, 6.45) is 0. The Kier molecular flexibility index (Phi) is 37.7. The summed E-state index contributed by atoms with van der Waals surface area (Å²) >= 11 is 0. The van der Waals surface area contributed by atoms with Crippen LogP contribution in [0.3, 0.4) is 0 Å². The van der Waals surface area contributed by atoms with Crippen molar-refractivity contribution in [2.75, 3.05) is 0 Å². The van der Waals surface area contributed by atoms with Gasteiger partial charge in [0.25, 0.3) is 0 Å². The summed E-state index contributed by atoms with van der Waals surface area (Å²) < 4.78 is 0. The normalized spacial score (nSPS) is 9.88. The number of rotatable bonds is 0. The minimum atomic E-state index is 1.35. The van der Waals surface area contributed by atoms with Crippen LogP contribution in [-0.2, 0) is 0 Å². The fraction of sp³-hybridized carbons (Fsp3) is 0.375. The fourth-order valence-electron chi connectivity index (χ4n) is 10.9. The Morgan fingerprint density at radius 1 is 0.0938 bits per heavy atom. The first-order valence-electron chi connectivity index (χ1n) is 34.9. The molecule has 0 fully saturated rings. The van der Waals surface area contributed by atoms with E-state index in [0.717, 1.165) is 0 Å². The molecule has 0 heteroatoms. The first-order valence-corrected chi connectivity index (χ1v) is 34.9. The van der Waals surface area contributed by atoms with Crippen LogP contribution in [0.15, 0.2) is 146 Å². The number of hydrogen-bond acceptors (Lipinski definition) is 0. The molecule has 0 unspecified atom stereocenters. The van der Waals surface area contributed by atoms with Crippen LogP contribution in [0.5, 0.6) is 0 Å². The van der Waals surface area contributed by atoms with E-state index >= 15 is 0 Å². The van der Waals surface area contributed by atoms with E-state index in [4.69, 9.17) is 0 Å². The lowest BCUT2D eigenvalue weighted by Crippen LogP contribution is -1.88. The maximum atomic E-state index is 2.22. The van der Waals surface area contributed by atoms with E-state index in [1.807, 2.05) is 0 Å². The third-order valence-corrected chi connectivity index (χ3v) is 19.6. The molecule has 0 aliphatic carbocycles. The lowest BCUT2D eigenvalue weighted by molar-refractivity contribution is 1.22. The molecule has 96 heavy (non-hydrogen) atoms. The van der Waals surface area contributed by atoms with Crippen molar-refractivity contribution in [2.24, 2.45) is 0 Å². The largest absolute Gasteiger partial charge is 0.0590 e. The van der Waals surface area contributed by atoms with Crippen LogP contribution in [-0.4, -0.2) is 0 Å². The smallest absolute Gasteiger partial charge is 0.0392 e. The van der Waals surface area contributed by atoms with Crippen molar-refractivity contribution in [1.82, 2.24) is 0 Å². The van der Waals surface area contributed by atoms with Gasteiger partial charge in [-0.05, 0) is 399 Å². The Morgan fingerprint density at radius 2 is 0.219 bits per heavy atom. The van der Waals surface area contributed by atoms with E-state index < -0.39 is 0 Å². The van der Waals surface area contributed by atoms with Crippen molar-refractivity contribution in [3.05, 3.63) is 346 Å². The van der Waals surface area contributed by atoms with Gasteiger partial charge in [-0.2, -0.15) is 0 Å². The minimum absolute atomic E-state index is 1.35. The average Bonchev–Trinajstić information content (AvgIpc) is 1.00. The molecule has 0 amide bonds. The molecule has 0 heterocycles. The third-order valence-electron chi connectivity index (χ3n) is 19.6. The highest BCUT2D eigenvalue weighted by Gasteiger charge is 2.02. The van der Waals surface area contributed by atoms with Crippen molar-refractivity contribution in [2.45, 2.75) is 249 Å². The molecule has 10 aromatic rings. The molecule has 516 valence electrons. The van der Waals surface area contributed by atoms with Crippen LogP contribution >= 0.6 is 0 Å². The monoisotopic (exact) mass is 1290 g/mol. The predicted molar refractivity (Wildman–Crippen MR) is 435 cm³/mol. The Balaban J connectivity index is 0.000000534. The number of benzene rings is 10. The Bertz CT molecular complexity index is 3500. The lowest BCUT2D eigenvalue weighted by atomic mass is 10.0. The third kappa shape index (κ3) is 30.9. The quantitative estimate of drug-likeness (QED) is 0.142. The van der Waals surface area contributed by atoms with Gasteiger partial charge in [0.05, 0.1) is 0 Å². The maximum absolute atomic E-state index is 2.22. The molecule has 0 spiro atoms. The summed E-state index contributed by atoms with van der Waals surface area (Å²) in [5.74, 6) is 0. The van der Waals surface area contributed by atoms with E-state index in [-0.39, 0.29) is 0 Å². The molecule has 10 aromatic carbocycles. The molecular weight excluding hydrogens is 1150 g/mol. The van der Waals surface area contributed by atoms with Crippen molar-refractivity contribution in [1.29, 1.82) is 0 Å². The van der Waals surface area contributed by atoms with E-state index in [0.29, 0.717) is 0 Å². The van der Waals surface area contributed by atoms with Gasteiger partial charge in [0.2, 0.25) is 0 Å². The first kappa shape index (κ1) is 86.2. The molecule has 0 saturated heterocycles. The van der Waals surface area contributed by atoms with Crippen molar-refractivity contribution < 1.29 is 0 Å². The van der Waals surface area contributed by atoms with E-state index in [1.54, 1.807) is 0 Å². The van der Waals surface area contributed by atoms with Crippen LogP contribution in [0, 0.1) is 249 Å². The standard InChI is InChI=1S/6C10H14.4C9H12/c3*1-7-5-8(2)10(4)9(3)6-7;3*1-7-5-6-8(2)10(4)9(7)3;1-7-4-8(2)6-9(3)5-7;3*1-7-4-5-8(2)9(3)6-7/h6*5-6H,1-4H3;4*4-6H,1-3H3. The zero-order valence-corrected chi connectivity index (χ0v) is 67.9. The Hall–Kier alpha value is -7.80. The molecule has 0 radical (unpaired) electrons. The molecular formula is C96H132. The van der Waals surface area contributed by atoms with Gasteiger partial charge in [-0.25, -0.2) is 0 Å². The van der Waals surface area contributed by atoms with Gasteiger partial charge < -0.3 is 0 Å². The van der Waals surface area contributed by atoms with E-state index in [9.17, 15) is 0 Å². The molecule has 0 N–H and O–H groups in total. The zero-order chi connectivity index (χ0) is 73.8. The second-order valence-electron chi connectivity index (χ2n) is 28.3. The summed E-state index contributed by atoms with van der Waals surface area (Å²) in [6, 6.07) is 52.5. The Morgan fingerprint density at radius 3 is 0.354 bits per heavy atom. The lowest BCUT2D eigenvalue weighted by Gasteiger charge is -2.06. The minimum Gasteiger partial charge on any atom is -0.0590 e. The highest BCUT2D eigenvalue weighted by atomic mass is 14.1. The molecule has 0 nitrogen and oxygen atoms in total. The zero-order valence-electron chi connectivity index (χ0n) is 67.9. The van der Waals surface area contributed by atoms with Gasteiger partial charge in [-0.3, -0.25) is 0 Å². The maximum Gasteiger partial charge on any atom is -0.0392 e. The number of hydrogen-bond donors (Lipinski definition) is 0. The van der Waals surface area contributed by atoms with E-state index in [1.165, 1.54) is 200 Å². The van der Waals surface area contributed by atoms with Gasteiger partial charge >= 0.3 is 0 Å². The van der Waals surface area contributed by atoms with Crippen LogP contribution in [0.2, 0.25) is 0 Å². The summed E-state index contributed by atoms with van der Waals surface area (Å²) in [5, 5.41) is 0. The topological polar surface area (TPSA) is 0 Å². The van der Waals surface area contributed by atoms with Crippen LogP contribution in [0.25, 0.3) is 0 Å². The Labute approximate surface area is 591 Å². The van der Waals surface area contributed by atoms with Gasteiger partial charge in [-0.1, -0.05) is 196 Å². The second-order valence-corrected chi connectivity index (χ2v) is 28.3. The van der Waals surface area contributed by atoms with Gasteiger partial charge in [0, 0.05) is 0 Å². The van der Waals surface area contributed by atoms with Gasteiger partial charge in [0.1, 0.15) is 0 Å². The van der Waals surface area contributed by atoms with Crippen LogP contribution < -0.4 is 0 Å². The number of aryl methyl sites for hydroxylation is 27. The molecule has 0 saturated carbocycles. The highest BCUT2D eigenvalue weighted by Crippen LogP contribution is 2.20. The van der Waals surface area contributed by atoms with Gasteiger partial charge in [-0.15, -0.1) is 0 Å². The summed E-state index contributed by atoms with van der Waals surface area (Å²) in [6.45, 7) is 77.4. The molecule has 0 aromatic heterocycles. The summed E-state index contributed by atoms with van der Waals surface area (Å²) in [5.41, 5.74) is 50.1. The SMILES string of the molecule is Cc1cc(C)c(C)c(C)c1.Cc1cc(C)c(C)c(C)c1.Cc1cc(C)c(C)c(C)c1.Cc1cc(C)cc(C)c1.Cc1ccc(C)c(C)c1.Cc1ccc(C)c(C)c1.Cc1ccc(C)c(C)c1.Cc1ccc(C)c(C)c1C.Cc1ccc(C)c(C)c1C.Cc1ccc(C)c(C)c1C. The molecule has 0 aliphatic heterocycles. The fourth-order valence-corrected chi connectivity index (χ4v) is 10.9. The average molecular weight is 1290 g/mol. The highest BCUT2D eigenvalue weighted by molar-refractivity contribution is 5.42. The molecule has 0 bridgehead atoms. The van der Waals surface area contributed by atoms with E-state index in [2.05, 4.69) is 395 Å². The van der Waals surface area contributed by atoms with Crippen LogP contribution in [0.4, 0.5) is 0 Å². The van der Waals surface area contributed by atoms with Crippen LogP contribution in [0.1, 0.15) is 200 Å². The summed E-state index contributed by atoms with van der Waals surface area (Å²) in [7, 11) is 0.